The van der Waals surface area contributed by atoms with E-state index in [-0.39, 0.29) is 12.2 Å². The Labute approximate surface area is 79.8 Å². The van der Waals surface area contributed by atoms with Gasteiger partial charge in [0.2, 0.25) is 5.82 Å². The number of aromatic nitrogens is 1. The summed E-state index contributed by atoms with van der Waals surface area (Å²) in [6.07, 6.45) is 1.14. The summed E-state index contributed by atoms with van der Waals surface area (Å²) in [5.41, 5.74) is 10.9. The minimum absolute atomic E-state index is 0.0578. The van der Waals surface area contributed by atoms with Crippen LogP contribution in [0.25, 0.3) is 0 Å². The molecule has 14 heavy (non-hydrogen) atoms. The average molecular weight is 196 g/mol. The minimum atomic E-state index is -1.01. The van der Waals surface area contributed by atoms with E-state index in [1.807, 2.05) is 0 Å². The number of nitrogens with zero attached hydrogens (tertiary/aromatic N) is 1. The minimum Gasteiger partial charge on any atom is -0.481 e. The summed E-state index contributed by atoms with van der Waals surface area (Å²) in [5, 5.41) is 8.54. The Morgan fingerprint density at radius 1 is 1.50 bits per heavy atom. The van der Waals surface area contributed by atoms with Crippen molar-refractivity contribution in [2.24, 2.45) is 5.73 Å². The molecule has 0 atom stereocenters. The van der Waals surface area contributed by atoms with Gasteiger partial charge in [-0.05, 0) is 12.1 Å². The zero-order chi connectivity index (χ0) is 10.7. The quantitative estimate of drug-likeness (QED) is 0.533. The van der Waals surface area contributed by atoms with Crippen molar-refractivity contribution in [3.8, 4) is 0 Å². The molecular formula is C8H10N3O3+. The van der Waals surface area contributed by atoms with Crippen molar-refractivity contribution in [2.75, 3.05) is 5.73 Å². The van der Waals surface area contributed by atoms with E-state index in [9.17, 15) is 9.59 Å². The largest absolute Gasteiger partial charge is 0.481 e. The summed E-state index contributed by atoms with van der Waals surface area (Å²) in [4.78, 5) is 21.2. The number of aliphatic carboxylic acids is 1. The van der Waals surface area contributed by atoms with Gasteiger partial charge in [-0.15, -0.1) is 0 Å². The number of rotatable bonds is 2. The van der Waals surface area contributed by atoms with Crippen molar-refractivity contribution < 1.29 is 19.3 Å². The van der Waals surface area contributed by atoms with Gasteiger partial charge in [0, 0.05) is 5.56 Å². The van der Waals surface area contributed by atoms with E-state index in [0.29, 0.717) is 5.56 Å². The van der Waals surface area contributed by atoms with Crippen molar-refractivity contribution in [3.05, 3.63) is 23.9 Å². The molecule has 0 radical (unpaired) electrons. The lowest BCUT2D eigenvalue weighted by molar-refractivity contribution is -0.554. The summed E-state index contributed by atoms with van der Waals surface area (Å²) in [7, 11) is 0. The number of carbonyl (C=O) groups is 2. The van der Waals surface area contributed by atoms with Gasteiger partial charge in [-0.1, -0.05) is 0 Å². The summed E-state index contributed by atoms with van der Waals surface area (Å²) < 4.78 is 0.998. The molecule has 0 aliphatic carbocycles. The second-order valence-corrected chi connectivity index (χ2v) is 2.70. The molecule has 1 aromatic heterocycles. The Hall–Kier alpha value is -2.11. The molecule has 0 saturated heterocycles. The highest BCUT2D eigenvalue weighted by Crippen LogP contribution is 2.05. The molecule has 6 nitrogen and oxygen atoms in total. The van der Waals surface area contributed by atoms with Crippen LogP contribution in [0, 0.1) is 0 Å². The van der Waals surface area contributed by atoms with E-state index < -0.39 is 12.0 Å². The highest BCUT2D eigenvalue weighted by Gasteiger charge is 2.14. The number of pyridine rings is 1. The average Bonchev–Trinajstić information content (AvgIpc) is 2.07. The smallest absolute Gasteiger partial charge is 0.438 e. The van der Waals surface area contributed by atoms with Gasteiger partial charge in [-0.2, -0.15) is 4.57 Å². The van der Waals surface area contributed by atoms with E-state index >= 15 is 0 Å². The Kier molecular flexibility index (Phi) is 2.66. The monoisotopic (exact) mass is 196 g/mol. The predicted octanol–water partition coefficient (Wildman–Crippen LogP) is -0.890. The lowest BCUT2D eigenvalue weighted by Crippen LogP contribution is -2.49. The van der Waals surface area contributed by atoms with Gasteiger partial charge in [0.15, 0.2) is 0 Å². The van der Waals surface area contributed by atoms with Gasteiger partial charge < -0.3 is 10.8 Å². The van der Waals surface area contributed by atoms with Crippen LogP contribution < -0.4 is 16.0 Å². The maximum absolute atomic E-state index is 10.8. The van der Waals surface area contributed by atoms with E-state index in [2.05, 4.69) is 0 Å². The number of primary amides is 1. The molecule has 0 aliphatic rings. The first-order chi connectivity index (χ1) is 6.52. The van der Waals surface area contributed by atoms with Crippen LogP contribution in [0.2, 0.25) is 0 Å². The number of hydrogen-bond acceptors (Lipinski definition) is 3. The fraction of sp³-hybridized carbons (Fsp3) is 0.125. The number of hydrogen-bond donors (Lipinski definition) is 3. The van der Waals surface area contributed by atoms with E-state index in [0.717, 1.165) is 4.57 Å². The standard InChI is InChI=1S/C8H9N3O3/c9-7-5(4-6(12)13)2-1-3-11(7)8(10)14/h1-3,9H,4H2,(H3,10,12,13,14)/p+1. The Morgan fingerprint density at radius 3 is 2.64 bits per heavy atom. The fourth-order valence-electron chi connectivity index (χ4n) is 1.07. The number of nitrogen functional groups attached to an aromatic ring is 1. The van der Waals surface area contributed by atoms with Crippen molar-refractivity contribution in [1.82, 2.24) is 0 Å². The molecule has 74 valence electrons. The Morgan fingerprint density at radius 2 is 2.14 bits per heavy atom. The number of carboxylic acids is 1. The highest BCUT2D eigenvalue weighted by molar-refractivity contribution is 5.72. The van der Waals surface area contributed by atoms with Gasteiger partial charge in [0.05, 0.1) is 12.6 Å². The Balaban J connectivity index is 3.13. The van der Waals surface area contributed by atoms with Crippen LogP contribution in [-0.2, 0) is 11.2 Å². The van der Waals surface area contributed by atoms with Gasteiger partial charge in [-0.3, -0.25) is 10.5 Å². The normalized spacial score (nSPS) is 9.71. The van der Waals surface area contributed by atoms with Crippen molar-refractivity contribution in [2.45, 2.75) is 6.42 Å². The second-order valence-electron chi connectivity index (χ2n) is 2.70. The molecule has 0 aliphatic heterocycles. The van der Waals surface area contributed by atoms with Crippen LogP contribution in [0.3, 0.4) is 0 Å². The maximum atomic E-state index is 10.8. The molecule has 6 heteroatoms. The van der Waals surface area contributed by atoms with Crippen molar-refractivity contribution >= 4 is 17.8 Å². The Bertz CT molecular complexity index is 389. The molecule has 1 heterocycles. The molecule has 0 unspecified atom stereocenters. The second kappa shape index (κ2) is 3.73. The fourth-order valence-corrected chi connectivity index (χ4v) is 1.07. The summed E-state index contributed by atoms with van der Waals surface area (Å²) in [6, 6.07) is 2.30. The van der Waals surface area contributed by atoms with Gasteiger partial charge in [0.25, 0.3) is 0 Å². The third-order valence-corrected chi connectivity index (χ3v) is 1.70. The molecule has 0 aromatic carbocycles. The zero-order valence-corrected chi connectivity index (χ0v) is 7.30. The van der Waals surface area contributed by atoms with Crippen LogP contribution in [0.15, 0.2) is 18.3 Å². The maximum Gasteiger partial charge on any atom is 0.438 e. The van der Waals surface area contributed by atoms with E-state index in [1.54, 1.807) is 0 Å². The molecule has 0 bridgehead atoms. The molecule has 0 saturated carbocycles. The molecule has 1 amide bonds. The lowest BCUT2D eigenvalue weighted by atomic mass is 10.2. The molecule has 1 rings (SSSR count). The van der Waals surface area contributed by atoms with Crippen molar-refractivity contribution in [3.63, 3.8) is 0 Å². The first kappa shape index (κ1) is 9.97. The molecule has 5 N–H and O–H groups in total. The van der Waals surface area contributed by atoms with E-state index in [1.165, 1.54) is 18.3 Å². The summed E-state index contributed by atoms with van der Waals surface area (Å²) in [5.74, 6) is -0.957. The lowest BCUT2D eigenvalue weighted by Gasteiger charge is -2.02. The van der Waals surface area contributed by atoms with Gasteiger partial charge in [0.1, 0.15) is 0 Å². The number of carbonyl (C=O) groups excluding carboxylic acids is 1. The van der Waals surface area contributed by atoms with Gasteiger partial charge >= 0.3 is 12.0 Å². The third kappa shape index (κ3) is 1.98. The highest BCUT2D eigenvalue weighted by atomic mass is 16.4. The summed E-state index contributed by atoms with van der Waals surface area (Å²) >= 11 is 0. The van der Waals surface area contributed by atoms with Crippen LogP contribution >= 0.6 is 0 Å². The predicted molar refractivity (Wildman–Crippen MR) is 47.4 cm³/mol. The first-order valence-electron chi connectivity index (χ1n) is 3.83. The number of amides is 1. The molecule has 0 fully saturated rings. The molecule has 0 spiro atoms. The van der Waals surface area contributed by atoms with Gasteiger partial charge in [-0.25, -0.2) is 4.79 Å². The van der Waals surface area contributed by atoms with Crippen LogP contribution in [-0.4, -0.2) is 17.1 Å². The third-order valence-electron chi connectivity index (χ3n) is 1.70. The topological polar surface area (TPSA) is 110 Å². The van der Waals surface area contributed by atoms with Crippen LogP contribution in [0.1, 0.15) is 5.56 Å². The van der Waals surface area contributed by atoms with Crippen LogP contribution in [0.5, 0.6) is 0 Å². The summed E-state index contributed by atoms with van der Waals surface area (Å²) in [6.45, 7) is 0. The number of nitrogens with two attached hydrogens (primary N) is 2. The van der Waals surface area contributed by atoms with Crippen molar-refractivity contribution in [1.29, 1.82) is 0 Å². The molecular weight excluding hydrogens is 186 g/mol. The SMILES string of the molecule is NC(=O)[n+]1cccc(CC(=O)O)c1N. The number of carboxylic acid groups (broad SMARTS) is 1. The zero-order valence-electron chi connectivity index (χ0n) is 7.30. The van der Waals surface area contributed by atoms with Crippen LogP contribution in [0.4, 0.5) is 10.6 Å². The van der Waals surface area contributed by atoms with E-state index in [4.69, 9.17) is 16.6 Å². The first-order valence-corrected chi connectivity index (χ1v) is 3.83. The molecule has 1 aromatic rings. The number of anilines is 1.